The Labute approximate surface area is 189 Å². The fourth-order valence-electron chi connectivity index (χ4n) is 4.34. The highest BCUT2D eigenvalue weighted by atomic mass is 35.5. The molecule has 0 atom stereocenters. The van der Waals surface area contributed by atoms with E-state index in [0.29, 0.717) is 31.2 Å². The lowest BCUT2D eigenvalue weighted by atomic mass is 10.1. The maximum absolute atomic E-state index is 13.2. The Balaban J connectivity index is 1.44. The summed E-state index contributed by atoms with van der Waals surface area (Å²) < 4.78 is 27.6. The first-order valence-corrected chi connectivity index (χ1v) is 12.7. The predicted octanol–water partition coefficient (Wildman–Crippen LogP) is 2.06. The van der Waals surface area contributed by atoms with Gasteiger partial charge < -0.3 is 9.80 Å². The molecule has 2 aliphatic heterocycles. The summed E-state index contributed by atoms with van der Waals surface area (Å²) in [5, 5.41) is 0.293. The first-order chi connectivity index (χ1) is 14.9. The molecule has 2 fully saturated rings. The lowest BCUT2D eigenvalue weighted by molar-refractivity contribution is -0.917. The molecule has 6 nitrogen and oxygen atoms in total. The first kappa shape index (κ1) is 22.3. The molecule has 2 aliphatic rings. The molecule has 0 bridgehead atoms. The first-order valence-electron chi connectivity index (χ1n) is 10.9. The molecule has 1 amide bonds. The highest BCUT2D eigenvalue weighted by Gasteiger charge is 2.30. The van der Waals surface area contributed by atoms with Gasteiger partial charge in [-0.05, 0) is 31.0 Å². The van der Waals surface area contributed by atoms with Gasteiger partial charge in [0.2, 0.25) is 10.0 Å². The number of nitrogens with one attached hydrogen (secondary N) is 1. The van der Waals surface area contributed by atoms with Crippen LogP contribution >= 0.6 is 11.6 Å². The number of rotatable bonds is 5. The number of halogens is 1. The van der Waals surface area contributed by atoms with E-state index < -0.39 is 10.0 Å². The molecule has 2 saturated heterocycles. The standard InChI is InChI=1S/C23H28ClN3O3S/c24-22-10-9-20(31(29,30)27-11-5-2-6-12-27)17-21(22)23(28)26-15-13-25(14-16-26)18-19-7-3-1-4-8-19/h1,3-4,7-10,17H,2,5-6,11-16,18H2/p+1. The number of piperazine rings is 1. The zero-order chi connectivity index (χ0) is 21.8. The number of benzene rings is 2. The van der Waals surface area contributed by atoms with Crippen molar-refractivity contribution in [2.45, 2.75) is 30.7 Å². The second-order valence-electron chi connectivity index (χ2n) is 8.31. The van der Waals surface area contributed by atoms with Crippen LogP contribution in [0, 0.1) is 0 Å². The van der Waals surface area contributed by atoms with Crippen molar-refractivity contribution in [2.75, 3.05) is 39.3 Å². The van der Waals surface area contributed by atoms with Crippen molar-refractivity contribution in [3.05, 3.63) is 64.7 Å². The van der Waals surface area contributed by atoms with E-state index in [1.165, 1.54) is 33.0 Å². The number of hydrogen-bond donors (Lipinski definition) is 1. The molecule has 2 heterocycles. The predicted molar refractivity (Wildman–Crippen MR) is 121 cm³/mol. The number of amides is 1. The number of sulfonamides is 1. The largest absolute Gasteiger partial charge is 0.328 e. The number of nitrogens with zero attached hydrogens (tertiary/aromatic N) is 2. The zero-order valence-electron chi connectivity index (χ0n) is 17.6. The Morgan fingerprint density at radius 1 is 0.935 bits per heavy atom. The minimum atomic E-state index is -3.61. The molecule has 0 aromatic heterocycles. The van der Waals surface area contributed by atoms with E-state index in [9.17, 15) is 13.2 Å². The number of hydrogen-bond acceptors (Lipinski definition) is 3. The van der Waals surface area contributed by atoms with Gasteiger partial charge in [-0.1, -0.05) is 48.4 Å². The van der Waals surface area contributed by atoms with Crippen molar-refractivity contribution < 1.29 is 18.1 Å². The normalized spacial score (nSPS) is 18.8. The molecular formula is C23H29ClN3O3S+. The summed E-state index contributed by atoms with van der Waals surface area (Å²) in [6, 6.07) is 14.8. The lowest BCUT2D eigenvalue weighted by Crippen LogP contribution is -3.13. The van der Waals surface area contributed by atoms with E-state index >= 15 is 0 Å². The fourth-order valence-corrected chi connectivity index (χ4v) is 6.08. The van der Waals surface area contributed by atoms with Crippen LogP contribution < -0.4 is 4.90 Å². The highest BCUT2D eigenvalue weighted by Crippen LogP contribution is 2.26. The highest BCUT2D eigenvalue weighted by molar-refractivity contribution is 7.89. The summed E-state index contributed by atoms with van der Waals surface area (Å²) in [5.41, 5.74) is 1.56. The minimum absolute atomic E-state index is 0.149. The molecule has 8 heteroatoms. The van der Waals surface area contributed by atoms with Gasteiger partial charge in [0.25, 0.3) is 5.91 Å². The number of carbonyl (C=O) groups excluding carboxylic acids is 1. The molecule has 0 unspecified atom stereocenters. The second-order valence-corrected chi connectivity index (χ2v) is 10.7. The smallest absolute Gasteiger partial charge is 0.255 e. The van der Waals surface area contributed by atoms with Crippen LogP contribution in [0.5, 0.6) is 0 Å². The van der Waals surface area contributed by atoms with E-state index in [-0.39, 0.29) is 16.4 Å². The van der Waals surface area contributed by atoms with Crippen LogP contribution in [0.25, 0.3) is 0 Å². The molecule has 166 valence electrons. The molecule has 1 N–H and O–H groups in total. The third-order valence-corrected chi connectivity index (χ3v) is 8.40. The number of piperidine rings is 1. The van der Waals surface area contributed by atoms with Crippen molar-refractivity contribution in [3.8, 4) is 0 Å². The Morgan fingerprint density at radius 2 is 1.61 bits per heavy atom. The van der Waals surface area contributed by atoms with E-state index in [2.05, 4.69) is 12.1 Å². The topological polar surface area (TPSA) is 62.1 Å². The van der Waals surface area contributed by atoms with Gasteiger partial charge in [0, 0.05) is 18.7 Å². The molecule has 31 heavy (non-hydrogen) atoms. The Morgan fingerprint density at radius 3 is 2.29 bits per heavy atom. The van der Waals surface area contributed by atoms with Gasteiger partial charge in [0.05, 0.1) is 41.7 Å². The van der Waals surface area contributed by atoms with Crippen molar-refractivity contribution in [1.82, 2.24) is 9.21 Å². The van der Waals surface area contributed by atoms with Crippen LogP contribution in [-0.2, 0) is 16.6 Å². The van der Waals surface area contributed by atoms with E-state index in [1.807, 2.05) is 18.2 Å². The summed E-state index contributed by atoms with van der Waals surface area (Å²) >= 11 is 6.32. The number of carbonyl (C=O) groups is 1. The molecule has 2 aromatic carbocycles. The summed E-state index contributed by atoms with van der Waals surface area (Å²) in [4.78, 5) is 16.5. The second kappa shape index (κ2) is 9.69. The van der Waals surface area contributed by atoms with Crippen molar-refractivity contribution >= 4 is 27.5 Å². The molecule has 0 saturated carbocycles. The van der Waals surface area contributed by atoms with E-state index in [4.69, 9.17) is 11.6 Å². The van der Waals surface area contributed by atoms with Crippen LogP contribution in [0.15, 0.2) is 53.4 Å². The molecule has 2 aromatic rings. The van der Waals surface area contributed by atoms with Gasteiger partial charge in [0.15, 0.2) is 0 Å². The zero-order valence-corrected chi connectivity index (χ0v) is 19.2. The van der Waals surface area contributed by atoms with Crippen molar-refractivity contribution in [2.24, 2.45) is 0 Å². The van der Waals surface area contributed by atoms with Gasteiger partial charge >= 0.3 is 0 Å². The van der Waals surface area contributed by atoms with Gasteiger partial charge in [-0.2, -0.15) is 4.31 Å². The maximum atomic E-state index is 13.2. The summed E-state index contributed by atoms with van der Waals surface area (Å²) in [6.45, 7) is 4.95. The average Bonchev–Trinajstić information content (AvgIpc) is 2.80. The monoisotopic (exact) mass is 462 g/mol. The number of quaternary nitrogens is 1. The maximum Gasteiger partial charge on any atom is 0.255 e. The molecule has 0 radical (unpaired) electrons. The summed E-state index contributed by atoms with van der Waals surface area (Å²) in [5.74, 6) is -0.195. The third-order valence-electron chi connectivity index (χ3n) is 6.18. The quantitative estimate of drug-likeness (QED) is 0.739. The van der Waals surface area contributed by atoms with Crippen molar-refractivity contribution in [1.29, 1.82) is 0 Å². The molecule has 0 spiro atoms. The summed E-state index contributed by atoms with van der Waals surface area (Å²) in [6.07, 6.45) is 2.79. The van der Waals surface area contributed by atoms with E-state index in [1.54, 1.807) is 4.90 Å². The fraction of sp³-hybridized carbons (Fsp3) is 0.435. The lowest BCUT2D eigenvalue weighted by Gasteiger charge is -2.32. The molecule has 4 rings (SSSR count). The summed E-state index contributed by atoms with van der Waals surface area (Å²) in [7, 11) is -3.61. The van der Waals surface area contributed by atoms with Crippen LogP contribution in [0.3, 0.4) is 0 Å². The van der Waals surface area contributed by atoms with Gasteiger partial charge in [-0.3, -0.25) is 4.79 Å². The Hall–Kier alpha value is -1.93. The molecular weight excluding hydrogens is 434 g/mol. The van der Waals surface area contributed by atoms with Gasteiger partial charge in [-0.25, -0.2) is 8.42 Å². The van der Waals surface area contributed by atoms with E-state index in [0.717, 1.165) is 38.9 Å². The van der Waals surface area contributed by atoms with Crippen LogP contribution in [0.4, 0.5) is 0 Å². The van der Waals surface area contributed by atoms with Crippen molar-refractivity contribution in [3.63, 3.8) is 0 Å². The Bertz CT molecular complexity index is 1020. The Kier molecular flexibility index (Phi) is 6.96. The van der Waals surface area contributed by atoms with Gasteiger partial charge in [0.1, 0.15) is 6.54 Å². The van der Waals surface area contributed by atoms with Crippen LogP contribution in [0.1, 0.15) is 35.2 Å². The average molecular weight is 463 g/mol. The van der Waals surface area contributed by atoms with Crippen LogP contribution in [-0.4, -0.2) is 62.8 Å². The molecule has 0 aliphatic carbocycles. The van der Waals surface area contributed by atoms with Crippen LogP contribution in [0.2, 0.25) is 5.02 Å². The SMILES string of the molecule is O=C(c1cc(S(=O)(=O)N2CCCCC2)ccc1Cl)N1CC[NH+](Cc2ccccc2)CC1. The third kappa shape index (κ3) is 5.12. The van der Waals surface area contributed by atoms with Gasteiger partial charge in [-0.15, -0.1) is 0 Å². The minimum Gasteiger partial charge on any atom is -0.328 e.